The van der Waals surface area contributed by atoms with E-state index in [9.17, 15) is 0 Å². The minimum Gasteiger partial charge on any atom is -0.494 e. The Labute approximate surface area is 129 Å². The maximum Gasteiger partial charge on any atom is 0.119 e. The Balaban J connectivity index is 2.01. The van der Waals surface area contributed by atoms with Crippen LogP contribution in [0.1, 0.15) is 45.7 Å². The first-order valence-electron chi connectivity index (χ1n) is 8.22. The summed E-state index contributed by atoms with van der Waals surface area (Å²) in [6, 6.07) is 8.95. The van der Waals surface area contributed by atoms with Crippen LogP contribution in [0.2, 0.25) is 0 Å². The summed E-state index contributed by atoms with van der Waals surface area (Å²) in [5.41, 5.74) is 1.82. The highest BCUT2D eigenvalue weighted by Crippen LogP contribution is 2.30. The molecular weight excluding hydrogens is 260 g/mol. The normalized spacial score (nSPS) is 19.6. The largest absolute Gasteiger partial charge is 0.494 e. The molecule has 118 valence electrons. The number of nitrogens with one attached hydrogen (secondary N) is 1. The van der Waals surface area contributed by atoms with Crippen molar-refractivity contribution in [2.75, 3.05) is 32.8 Å². The third kappa shape index (κ3) is 4.72. The number of hydrogen-bond donors (Lipinski definition) is 1. The van der Waals surface area contributed by atoms with E-state index in [1.165, 1.54) is 25.1 Å². The lowest BCUT2D eigenvalue weighted by molar-refractivity contribution is 0.262. The van der Waals surface area contributed by atoms with E-state index in [0.717, 1.165) is 25.4 Å². The molecule has 1 N–H and O–H groups in total. The van der Waals surface area contributed by atoms with Crippen molar-refractivity contribution < 1.29 is 4.74 Å². The quantitative estimate of drug-likeness (QED) is 0.832. The monoisotopic (exact) mass is 290 g/mol. The third-order valence-corrected chi connectivity index (χ3v) is 4.24. The summed E-state index contributed by atoms with van der Waals surface area (Å²) in [6.45, 7) is 14.1. The number of hydrogen-bond acceptors (Lipinski definition) is 3. The van der Waals surface area contributed by atoms with E-state index in [0.29, 0.717) is 11.5 Å². The van der Waals surface area contributed by atoms with Crippen molar-refractivity contribution in [3.05, 3.63) is 29.8 Å². The molecule has 1 aromatic rings. The van der Waals surface area contributed by atoms with Gasteiger partial charge in [0.1, 0.15) is 5.75 Å². The second kappa shape index (κ2) is 7.28. The number of likely N-dealkylation sites (N-methyl/N-ethyl adjacent to an activating group) is 1. The molecule has 3 nitrogen and oxygen atoms in total. The molecule has 0 saturated carbocycles. The van der Waals surface area contributed by atoms with Gasteiger partial charge in [0, 0.05) is 19.1 Å². The topological polar surface area (TPSA) is 24.5 Å². The molecule has 1 fully saturated rings. The van der Waals surface area contributed by atoms with Gasteiger partial charge in [-0.1, -0.05) is 32.9 Å². The third-order valence-electron chi connectivity index (χ3n) is 4.24. The van der Waals surface area contributed by atoms with Crippen molar-refractivity contribution in [1.82, 2.24) is 10.2 Å². The highest BCUT2D eigenvalue weighted by molar-refractivity contribution is 5.29. The fourth-order valence-electron chi connectivity index (χ4n) is 3.14. The SMILES string of the molecule is CCNC(CN1CCC(C)(C)C1)c1ccc(OCC)cc1. The van der Waals surface area contributed by atoms with Crippen LogP contribution in [0.25, 0.3) is 0 Å². The van der Waals surface area contributed by atoms with Crippen molar-refractivity contribution >= 4 is 0 Å². The van der Waals surface area contributed by atoms with Gasteiger partial charge in [-0.05, 0) is 49.5 Å². The maximum absolute atomic E-state index is 5.53. The smallest absolute Gasteiger partial charge is 0.119 e. The van der Waals surface area contributed by atoms with Crippen LogP contribution in [0.5, 0.6) is 5.75 Å². The zero-order chi connectivity index (χ0) is 15.3. The molecule has 1 aliphatic heterocycles. The van der Waals surface area contributed by atoms with Gasteiger partial charge in [0.2, 0.25) is 0 Å². The number of nitrogens with zero attached hydrogens (tertiary/aromatic N) is 1. The zero-order valence-electron chi connectivity index (χ0n) is 14.0. The Bertz CT molecular complexity index is 427. The average molecular weight is 290 g/mol. The minimum absolute atomic E-state index is 0.402. The molecule has 1 heterocycles. The van der Waals surface area contributed by atoms with Crippen LogP contribution in [0, 0.1) is 5.41 Å². The van der Waals surface area contributed by atoms with Gasteiger partial charge in [0.25, 0.3) is 0 Å². The number of ether oxygens (including phenoxy) is 1. The molecule has 1 aliphatic rings. The fraction of sp³-hybridized carbons (Fsp3) is 0.667. The Morgan fingerprint density at radius 3 is 2.48 bits per heavy atom. The van der Waals surface area contributed by atoms with Crippen LogP contribution < -0.4 is 10.1 Å². The van der Waals surface area contributed by atoms with E-state index in [2.05, 4.69) is 55.3 Å². The lowest BCUT2D eigenvalue weighted by Crippen LogP contribution is -2.34. The predicted octanol–water partition coefficient (Wildman–Crippen LogP) is 3.47. The van der Waals surface area contributed by atoms with E-state index in [1.807, 2.05) is 6.92 Å². The molecule has 3 heteroatoms. The zero-order valence-corrected chi connectivity index (χ0v) is 14.0. The van der Waals surface area contributed by atoms with Gasteiger partial charge >= 0.3 is 0 Å². The van der Waals surface area contributed by atoms with Crippen LogP contribution in [-0.2, 0) is 0 Å². The Morgan fingerprint density at radius 1 is 1.24 bits per heavy atom. The number of likely N-dealkylation sites (tertiary alicyclic amines) is 1. The molecule has 1 unspecified atom stereocenters. The maximum atomic E-state index is 5.53. The second-order valence-electron chi connectivity index (χ2n) is 6.76. The van der Waals surface area contributed by atoms with Gasteiger partial charge in [0.15, 0.2) is 0 Å². The van der Waals surface area contributed by atoms with Gasteiger partial charge in [0.05, 0.1) is 6.61 Å². The van der Waals surface area contributed by atoms with Crippen molar-refractivity contribution in [2.24, 2.45) is 5.41 Å². The molecule has 0 aromatic heterocycles. The minimum atomic E-state index is 0.402. The second-order valence-corrected chi connectivity index (χ2v) is 6.76. The molecule has 0 amide bonds. The van der Waals surface area contributed by atoms with E-state index < -0.39 is 0 Å². The molecule has 1 saturated heterocycles. The standard InChI is InChI=1S/C18H30N2O/c1-5-19-17(13-20-12-11-18(3,4)14-20)15-7-9-16(10-8-15)21-6-2/h7-10,17,19H,5-6,11-14H2,1-4H3. The molecule has 0 aliphatic carbocycles. The lowest BCUT2D eigenvalue weighted by atomic mass is 9.93. The van der Waals surface area contributed by atoms with Crippen LogP contribution in [0.4, 0.5) is 0 Å². The number of benzene rings is 1. The first-order chi connectivity index (χ1) is 10.0. The first kappa shape index (κ1) is 16.3. The van der Waals surface area contributed by atoms with Crippen molar-refractivity contribution in [3.8, 4) is 5.75 Å². The van der Waals surface area contributed by atoms with Crippen LogP contribution in [0.15, 0.2) is 24.3 Å². The average Bonchev–Trinajstić information content (AvgIpc) is 2.79. The molecule has 1 atom stereocenters. The van der Waals surface area contributed by atoms with E-state index in [-0.39, 0.29) is 0 Å². The predicted molar refractivity (Wildman–Crippen MR) is 88.9 cm³/mol. The fourth-order valence-corrected chi connectivity index (χ4v) is 3.14. The molecular formula is C18H30N2O. The van der Waals surface area contributed by atoms with E-state index >= 15 is 0 Å². The molecule has 0 bridgehead atoms. The Hall–Kier alpha value is -1.06. The molecule has 0 radical (unpaired) electrons. The number of rotatable bonds is 7. The van der Waals surface area contributed by atoms with Crippen LogP contribution in [0.3, 0.4) is 0 Å². The van der Waals surface area contributed by atoms with Crippen molar-refractivity contribution in [3.63, 3.8) is 0 Å². The summed E-state index contributed by atoms with van der Waals surface area (Å²) in [7, 11) is 0. The van der Waals surface area contributed by atoms with Gasteiger partial charge in [-0.3, -0.25) is 0 Å². The summed E-state index contributed by atoms with van der Waals surface area (Å²) in [5.74, 6) is 0.957. The van der Waals surface area contributed by atoms with Gasteiger partial charge in [-0.15, -0.1) is 0 Å². The van der Waals surface area contributed by atoms with Gasteiger partial charge in [-0.2, -0.15) is 0 Å². The van der Waals surface area contributed by atoms with E-state index in [4.69, 9.17) is 4.74 Å². The summed E-state index contributed by atoms with van der Waals surface area (Å²) in [6.07, 6.45) is 1.30. The van der Waals surface area contributed by atoms with Crippen molar-refractivity contribution in [2.45, 2.75) is 40.2 Å². The first-order valence-corrected chi connectivity index (χ1v) is 8.22. The summed E-state index contributed by atoms with van der Waals surface area (Å²) in [4.78, 5) is 2.59. The summed E-state index contributed by atoms with van der Waals surface area (Å²) < 4.78 is 5.53. The summed E-state index contributed by atoms with van der Waals surface area (Å²) in [5, 5.41) is 3.62. The van der Waals surface area contributed by atoms with Crippen molar-refractivity contribution in [1.29, 1.82) is 0 Å². The van der Waals surface area contributed by atoms with E-state index in [1.54, 1.807) is 0 Å². The van der Waals surface area contributed by atoms with Crippen LogP contribution in [-0.4, -0.2) is 37.7 Å². The van der Waals surface area contributed by atoms with Gasteiger partial charge in [-0.25, -0.2) is 0 Å². The highest BCUT2D eigenvalue weighted by Gasteiger charge is 2.30. The molecule has 21 heavy (non-hydrogen) atoms. The summed E-state index contributed by atoms with van der Waals surface area (Å²) >= 11 is 0. The van der Waals surface area contributed by atoms with Gasteiger partial charge < -0.3 is 15.0 Å². The lowest BCUT2D eigenvalue weighted by Gasteiger charge is -2.26. The Morgan fingerprint density at radius 2 is 1.95 bits per heavy atom. The molecule has 2 rings (SSSR count). The Kier molecular flexibility index (Phi) is 5.65. The van der Waals surface area contributed by atoms with Crippen LogP contribution >= 0.6 is 0 Å². The highest BCUT2D eigenvalue weighted by atomic mass is 16.5. The molecule has 1 aromatic carbocycles. The molecule has 0 spiro atoms.